The second-order valence-electron chi connectivity index (χ2n) is 5.17. The number of nitrogens with zero attached hydrogens (tertiary/aromatic N) is 2. The van der Waals surface area contributed by atoms with Crippen molar-refractivity contribution >= 4 is 22.5 Å². The molecule has 0 amide bonds. The van der Waals surface area contributed by atoms with Gasteiger partial charge in [0.2, 0.25) is 0 Å². The Hall–Kier alpha value is -3.21. The summed E-state index contributed by atoms with van der Waals surface area (Å²) in [6, 6.07) is 14.1. The molecule has 0 unspecified atom stereocenters. The van der Waals surface area contributed by atoms with Crippen molar-refractivity contribution in [3.8, 4) is 11.1 Å². The lowest BCUT2D eigenvalue weighted by atomic mass is 10.1. The van der Waals surface area contributed by atoms with E-state index in [0.29, 0.717) is 11.5 Å². The zero-order valence-electron chi connectivity index (χ0n) is 12.1. The average Bonchev–Trinajstić information content (AvgIpc) is 2.99. The van der Waals surface area contributed by atoms with Gasteiger partial charge in [-0.2, -0.15) is 0 Å². The predicted octanol–water partition coefficient (Wildman–Crippen LogP) is 4.51. The summed E-state index contributed by atoms with van der Waals surface area (Å²) >= 11 is 0. The molecular formula is C18H13FN4. The number of hydrogen-bond acceptors (Lipinski definition) is 3. The van der Waals surface area contributed by atoms with Crippen LogP contribution >= 0.6 is 0 Å². The highest BCUT2D eigenvalue weighted by molar-refractivity contribution is 5.93. The fraction of sp³-hybridized carbons (Fsp3) is 0. The van der Waals surface area contributed by atoms with E-state index in [4.69, 9.17) is 0 Å². The van der Waals surface area contributed by atoms with E-state index in [0.717, 1.165) is 22.2 Å². The first-order valence-electron chi connectivity index (χ1n) is 7.21. The largest absolute Gasteiger partial charge is 0.346 e. The highest BCUT2D eigenvalue weighted by atomic mass is 19.1. The van der Waals surface area contributed by atoms with Crippen LogP contribution in [0.5, 0.6) is 0 Å². The van der Waals surface area contributed by atoms with Crippen LogP contribution in [0.15, 0.2) is 67.1 Å². The number of fused-ring (bicyclic) bond motifs is 1. The number of anilines is 2. The smallest absolute Gasteiger partial charge is 0.137 e. The number of benzene rings is 1. The van der Waals surface area contributed by atoms with Crippen LogP contribution in [0.1, 0.15) is 0 Å². The van der Waals surface area contributed by atoms with E-state index < -0.39 is 0 Å². The molecule has 0 bridgehead atoms. The molecule has 4 rings (SSSR count). The molecule has 0 fully saturated rings. The third-order valence-electron chi connectivity index (χ3n) is 3.62. The molecule has 0 aliphatic heterocycles. The molecule has 0 spiro atoms. The molecule has 0 saturated carbocycles. The van der Waals surface area contributed by atoms with Crippen molar-refractivity contribution in [1.29, 1.82) is 0 Å². The molecule has 0 aliphatic rings. The van der Waals surface area contributed by atoms with E-state index in [1.54, 1.807) is 24.5 Å². The lowest BCUT2D eigenvalue weighted by Crippen LogP contribution is -1.94. The van der Waals surface area contributed by atoms with Crippen molar-refractivity contribution in [2.45, 2.75) is 0 Å². The Balaban J connectivity index is 1.71. The van der Waals surface area contributed by atoms with Gasteiger partial charge in [0, 0.05) is 35.2 Å². The molecule has 0 radical (unpaired) electrons. The SMILES string of the molecule is Fc1cccc(Nc2cc(-c3c[nH]c4ncccc34)ccn2)c1. The number of halogens is 1. The van der Waals surface area contributed by atoms with Crippen LogP contribution in [0.3, 0.4) is 0 Å². The van der Waals surface area contributed by atoms with Gasteiger partial charge in [0.1, 0.15) is 17.3 Å². The Morgan fingerprint density at radius 2 is 1.91 bits per heavy atom. The summed E-state index contributed by atoms with van der Waals surface area (Å²) in [6.07, 6.45) is 5.41. The van der Waals surface area contributed by atoms with Crippen molar-refractivity contribution in [3.63, 3.8) is 0 Å². The third-order valence-corrected chi connectivity index (χ3v) is 3.62. The summed E-state index contributed by atoms with van der Waals surface area (Å²) in [4.78, 5) is 11.8. The van der Waals surface area contributed by atoms with Crippen LogP contribution in [0.2, 0.25) is 0 Å². The fourth-order valence-corrected chi connectivity index (χ4v) is 2.58. The van der Waals surface area contributed by atoms with Gasteiger partial charge >= 0.3 is 0 Å². The molecule has 3 heterocycles. The molecule has 5 heteroatoms. The van der Waals surface area contributed by atoms with Gasteiger partial charge in [-0.15, -0.1) is 0 Å². The normalized spacial score (nSPS) is 10.8. The first kappa shape index (κ1) is 13.5. The van der Waals surface area contributed by atoms with Crippen LogP contribution < -0.4 is 5.32 Å². The van der Waals surface area contributed by atoms with E-state index in [9.17, 15) is 4.39 Å². The summed E-state index contributed by atoms with van der Waals surface area (Å²) in [6.45, 7) is 0. The van der Waals surface area contributed by atoms with E-state index in [1.165, 1.54) is 12.1 Å². The molecule has 4 aromatic rings. The number of H-pyrrole nitrogens is 1. The molecular weight excluding hydrogens is 291 g/mol. The predicted molar refractivity (Wildman–Crippen MR) is 89.0 cm³/mol. The second-order valence-corrected chi connectivity index (χ2v) is 5.17. The summed E-state index contributed by atoms with van der Waals surface area (Å²) in [5.41, 5.74) is 3.57. The van der Waals surface area contributed by atoms with Gasteiger partial charge in [-0.1, -0.05) is 6.07 Å². The summed E-state index contributed by atoms with van der Waals surface area (Å²) in [5, 5.41) is 4.17. The van der Waals surface area contributed by atoms with Crippen LogP contribution in [-0.2, 0) is 0 Å². The number of aromatic amines is 1. The Morgan fingerprint density at radius 3 is 2.83 bits per heavy atom. The highest BCUT2D eigenvalue weighted by Gasteiger charge is 2.07. The molecule has 0 aliphatic carbocycles. The summed E-state index contributed by atoms with van der Waals surface area (Å²) in [7, 11) is 0. The fourth-order valence-electron chi connectivity index (χ4n) is 2.58. The molecule has 3 aromatic heterocycles. The number of pyridine rings is 2. The van der Waals surface area contributed by atoms with Gasteiger partial charge in [-0.05, 0) is 48.0 Å². The number of rotatable bonds is 3. The summed E-state index contributed by atoms with van der Waals surface area (Å²) in [5.74, 6) is 0.375. The van der Waals surface area contributed by atoms with Crippen LogP contribution in [0.4, 0.5) is 15.9 Å². The maximum atomic E-state index is 13.3. The standard InChI is InChI=1S/C18H13FN4/c19-13-3-1-4-14(10-13)23-17-9-12(6-8-20-17)16-11-22-18-15(16)5-2-7-21-18/h1-11H,(H,20,23)(H,21,22). The van der Waals surface area contributed by atoms with Gasteiger partial charge in [-0.3, -0.25) is 0 Å². The van der Waals surface area contributed by atoms with Gasteiger partial charge in [0.05, 0.1) is 0 Å². The molecule has 4 nitrogen and oxygen atoms in total. The zero-order valence-corrected chi connectivity index (χ0v) is 12.1. The second kappa shape index (κ2) is 5.53. The lowest BCUT2D eigenvalue weighted by Gasteiger charge is -2.07. The Bertz CT molecular complexity index is 977. The molecule has 112 valence electrons. The van der Waals surface area contributed by atoms with E-state index in [-0.39, 0.29) is 5.82 Å². The number of hydrogen-bond donors (Lipinski definition) is 2. The minimum Gasteiger partial charge on any atom is -0.346 e. The Labute approximate surface area is 132 Å². The molecule has 1 aromatic carbocycles. The lowest BCUT2D eigenvalue weighted by molar-refractivity contribution is 0.628. The maximum Gasteiger partial charge on any atom is 0.137 e. The van der Waals surface area contributed by atoms with Crippen molar-refractivity contribution in [2.24, 2.45) is 0 Å². The van der Waals surface area contributed by atoms with E-state index >= 15 is 0 Å². The maximum absolute atomic E-state index is 13.3. The van der Waals surface area contributed by atoms with Crippen LogP contribution in [-0.4, -0.2) is 15.0 Å². The molecule has 23 heavy (non-hydrogen) atoms. The van der Waals surface area contributed by atoms with Gasteiger partial charge < -0.3 is 10.3 Å². The van der Waals surface area contributed by atoms with Gasteiger partial charge in [0.25, 0.3) is 0 Å². The first-order chi connectivity index (χ1) is 11.3. The van der Waals surface area contributed by atoms with Crippen molar-refractivity contribution in [2.75, 3.05) is 5.32 Å². The molecule has 2 N–H and O–H groups in total. The highest BCUT2D eigenvalue weighted by Crippen LogP contribution is 2.29. The van der Waals surface area contributed by atoms with E-state index in [2.05, 4.69) is 20.3 Å². The summed E-state index contributed by atoms with van der Waals surface area (Å²) < 4.78 is 13.3. The van der Waals surface area contributed by atoms with Crippen LogP contribution in [0.25, 0.3) is 22.2 Å². The Kier molecular flexibility index (Phi) is 3.24. The van der Waals surface area contributed by atoms with Crippen LogP contribution in [0, 0.1) is 5.82 Å². The van der Waals surface area contributed by atoms with E-state index in [1.807, 2.05) is 30.5 Å². The van der Waals surface area contributed by atoms with Crippen molar-refractivity contribution in [1.82, 2.24) is 15.0 Å². The minimum absolute atomic E-state index is 0.283. The monoisotopic (exact) mass is 304 g/mol. The van der Waals surface area contributed by atoms with Crippen molar-refractivity contribution < 1.29 is 4.39 Å². The Morgan fingerprint density at radius 1 is 0.957 bits per heavy atom. The molecule has 0 atom stereocenters. The topological polar surface area (TPSA) is 53.6 Å². The molecule has 0 saturated heterocycles. The number of aromatic nitrogens is 3. The number of nitrogens with one attached hydrogen (secondary N) is 2. The zero-order chi connectivity index (χ0) is 15.6. The average molecular weight is 304 g/mol. The third kappa shape index (κ3) is 2.64. The van der Waals surface area contributed by atoms with Gasteiger partial charge in [0.15, 0.2) is 0 Å². The van der Waals surface area contributed by atoms with Crippen molar-refractivity contribution in [3.05, 3.63) is 72.9 Å². The minimum atomic E-state index is -0.283. The first-order valence-corrected chi connectivity index (χ1v) is 7.21. The van der Waals surface area contributed by atoms with Gasteiger partial charge in [-0.25, -0.2) is 14.4 Å². The quantitative estimate of drug-likeness (QED) is 0.585.